The second-order valence-corrected chi connectivity index (χ2v) is 4.57. The van der Waals surface area contributed by atoms with Crippen LogP contribution in [0.15, 0.2) is 22.8 Å². The Balaban J connectivity index is 1.60. The van der Waals surface area contributed by atoms with Crippen molar-refractivity contribution in [1.82, 2.24) is 10.6 Å². The third-order valence-corrected chi connectivity index (χ3v) is 3.20. The summed E-state index contributed by atoms with van der Waals surface area (Å²) in [5.41, 5.74) is 0. The molecule has 17 heavy (non-hydrogen) atoms. The molecule has 4 heteroatoms. The Labute approximate surface area is 102 Å². The molecule has 1 aliphatic carbocycles. The van der Waals surface area contributed by atoms with Crippen LogP contribution in [-0.2, 0) is 11.3 Å². The van der Waals surface area contributed by atoms with Gasteiger partial charge in [-0.05, 0) is 25.0 Å². The molecule has 2 N–H and O–H groups in total. The van der Waals surface area contributed by atoms with E-state index in [0.717, 1.165) is 5.76 Å². The van der Waals surface area contributed by atoms with Crippen molar-refractivity contribution in [1.29, 1.82) is 0 Å². The molecule has 1 aliphatic rings. The largest absolute Gasteiger partial charge is 0.467 e. The molecule has 0 bridgehead atoms. The minimum atomic E-state index is 0.0342. The molecule has 1 fully saturated rings. The highest BCUT2D eigenvalue weighted by Gasteiger charge is 2.13. The highest BCUT2D eigenvalue weighted by Crippen LogP contribution is 2.16. The first-order valence-corrected chi connectivity index (χ1v) is 6.37. The van der Waals surface area contributed by atoms with Gasteiger partial charge in [0.25, 0.3) is 0 Å². The average molecular weight is 236 g/mol. The van der Waals surface area contributed by atoms with E-state index in [0.29, 0.717) is 19.1 Å². The number of rotatable bonds is 5. The van der Waals surface area contributed by atoms with Gasteiger partial charge >= 0.3 is 0 Å². The number of hydrogen-bond donors (Lipinski definition) is 2. The third kappa shape index (κ3) is 4.23. The minimum absolute atomic E-state index is 0.0342. The van der Waals surface area contributed by atoms with Crippen molar-refractivity contribution in [3.63, 3.8) is 0 Å². The molecule has 1 aromatic rings. The zero-order chi connectivity index (χ0) is 11.9. The van der Waals surface area contributed by atoms with Crippen LogP contribution in [-0.4, -0.2) is 18.5 Å². The third-order valence-electron chi connectivity index (χ3n) is 3.20. The molecule has 0 atom stereocenters. The van der Waals surface area contributed by atoms with E-state index in [4.69, 9.17) is 4.42 Å². The first-order valence-electron chi connectivity index (χ1n) is 6.37. The van der Waals surface area contributed by atoms with Gasteiger partial charge in [-0.3, -0.25) is 4.79 Å². The summed E-state index contributed by atoms with van der Waals surface area (Å²) in [6, 6.07) is 4.20. The lowest BCUT2D eigenvalue weighted by molar-refractivity contribution is -0.120. The minimum Gasteiger partial charge on any atom is -0.467 e. The summed E-state index contributed by atoms with van der Waals surface area (Å²) >= 11 is 0. The lowest BCUT2D eigenvalue weighted by Crippen LogP contribution is -2.39. The van der Waals surface area contributed by atoms with Gasteiger partial charge in [-0.2, -0.15) is 0 Å². The molecule has 0 spiro atoms. The lowest BCUT2D eigenvalue weighted by Gasteiger charge is -2.22. The standard InChI is InChI=1S/C13H20N2O2/c16-13(15-9-12-7-4-8-17-12)10-14-11-5-2-1-3-6-11/h4,7-8,11,14H,1-3,5-6,9-10H2,(H,15,16). The van der Waals surface area contributed by atoms with Gasteiger partial charge in [-0.1, -0.05) is 19.3 Å². The normalized spacial score (nSPS) is 16.9. The van der Waals surface area contributed by atoms with Crippen LogP contribution in [0.5, 0.6) is 0 Å². The number of hydrogen-bond acceptors (Lipinski definition) is 3. The molecule has 0 radical (unpaired) electrons. The van der Waals surface area contributed by atoms with Crippen LogP contribution in [0, 0.1) is 0 Å². The molecule has 1 amide bonds. The van der Waals surface area contributed by atoms with E-state index in [-0.39, 0.29) is 5.91 Å². The van der Waals surface area contributed by atoms with E-state index in [2.05, 4.69) is 10.6 Å². The van der Waals surface area contributed by atoms with Gasteiger partial charge in [0.05, 0.1) is 19.4 Å². The molecule has 1 saturated carbocycles. The quantitative estimate of drug-likeness (QED) is 0.820. The van der Waals surface area contributed by atoms with Gasteiger partial charge in [0.1, 0.15) is 5.76 Å². The molecule has 0 unspecified atom stereocenters. The fourth-order valence-electron chi connectivity index (χ4n) is 2.21. The van der Waals surface area contributed by atoms with Crippen LogP contribution in [0.2, 0.25) is 0 Å². The van der Waals surface area contributed by atoms with Crippen LogP contribution < -0.4 is 10.6 Å². The fourth-order valence-corrected chi connectivity index (χ4v) is 2.21. The van der Waals surface area contributed by atoms with Crippen LogP contribution in [0.1, 0.15) is 37.9 Å². The van der Waals surface area contributed by atoms with Crippen LogP contribution in [0.4, 0.5) is 0 Å². The molecule has 1 aromatic heterocycles. The molecule has 0 saturated heterocycles. The van der Waals surface area contributed by atoms with E-state index in [1.165, 1.54) is 32.1 Å². The van der Waals surface area contributed by atoms with Gasteiger partial charge in [0.2, 0.25) is 5.91 Å². The van der Waals surface area contributed by atoms with Gasteiger partial charge in [0, 0.05) is 6.04 Å². The van der Waals surface area contributed by atoms with E-state index in [1.54, 1.807) is 6.26 Å². The summed E-state index contributed by atoms with van der Waals surface area (Å²) in [5, 5.41) is 6.14. The molecular formula is C13H20N2O2. The second-order valence-electron chi connectivity index (χ2n) is 4.57. The predicted molar refractivity (Wildman–Crippen MR) is 65.4 cm³/mol. The van der Waals surface area contributed by atoms with Crippen molar-refractivity contribution in [2.24, 2.45) is 0 Å². The summed E-state index contributed by atoms with van der Waals surface area (Å²) < 4.78 is 5.14. The van der Waals surface area contributed by atoms with Crippen molar-refractivity contribution >= 4 is 5.91 Å². The van der Waals surface area contributed by atoms with E-state index >= 15 is 0 Å². The van der Waals surface area contributed by atoms with E-state index < -0.39 is 0 Å². The van der Waals surface area contributed by atoms with Crippen molar-refractivity contribution in [2.75, 3.05) is 6.54 Å². The predicted octanol–water partition coefficient (Wildman–Crippen LogP) is 1.82. The summed E-state index contributed by atoms with van der Waals surface area (Å²) in [4.78, 5) is 11.6. The summed E-state index contributed by atoms with van der Waals surface area (Å²) in [6.45, 7) is 0.879. The zero-order valence-electron chi connectivity index (χ0n) is 10.1. The summed E-state index contributed by atoms with van der Waals surface area (Å²) in [6.07, 6.45) is 7.92. The zero-order valence-corrected chi connectivity index (χ0v) is 10.1. The SMILES string of the molecule is O=C(CNC1CCCCC1)NCc1ccco1. The Kier molecular flexibility index (Phi) is 4.62. The number of nitrogens with one attached hydrogen (secondary N) is 2. The van der Waals surface area contributed by atoms with Crippen LogP contribution >= 0.6 is 0 Å². The Morgan fingerprint density at radius 1 is 1.35 bits per heavy atom. The van der Waals surface area contributed by atoms with Gasteiger partial charge < -0.3 is 15.1 Å². The number of carbonyl (C=O) groups is 1. The Bertz CT molecular complexity index is 329. The number of furan rings is 1. The van der Waals surface area contributed by atoms with E-state index in [9.17, 15) is 4.79 Å². The van der Waals surface area contributed by atoms with Crippen LogP contribution in [0.3, 0.4) is 0 Å². The maximum absolute atomic E-state index is 11.6. The van der Waals surface area contributed by atoms with Crippen LogP contribution in [0.25, 0.3) is 0 Å². The molecule has 94 valence electrons. The fraction of sp³-hybridized carbons (Fsp3) is 0.615. The van der Waals surface area contributed by atoms with Gasteiger partial charge in [-0.25, -0.2) is 0 Å². The van der Waals surface area contributed by atoms with E-state index in [1.807, 2.05) is 12.1 Å². The smallest absolute Gasteiger partial charge is 0.234 e. The molecule has 1 heterocycles. The first kappa shape index (κ1) is 12.2. The highest BCUT2D eigenvalue weighted by molar-refractivity contribution is 5.77. The maximum Gasteiger partial charge on any atom is 0.234 e. The van der Waals surface area contributed by atoms with Gasteiger partial charge in [-0.15, -0.1) is 0 Å². The lowest BCUT2D eigenvalue weighted by atomic mass is 9.95. The van der Waals surface area contributed by atoms with Gasteiger partial charge in [0.15, 0.2) is 0 Å². The summed E-state index contributed by atoms with van der Waals surface area (Å²) in [5.74, 6) is 0.822. The average Bonchev–Trinajstić information content (AvgIpc) is 2.88. The second kappa shape index (κ2) is 6.45. The summed E-state index contributed by atoms with van der Waals surface area (Å²) in [7, 11) is 0. The molecule has 4 nitrogen and oxygen atoms in total. The molecule has 2 rings (SSSR count). The number of amides is 1. The topological polar surface area (TPSA) is 54.3 Å². The molecule has 0 aliphatic heterocycles. The monoisotopic (exact) mass is 236 g/mol. The maximum atomic E-state index is 11.6. The Morgan fingerprint density at radius 3 is 2.88 bits per heavy atom. The Hall–Kier alpha value is -1.29. The molecule has 0 aromatic carbocycles. The van der Waals surface area contributed by atoms with Crippen molar-refractivity contribution in [3.8, 4) is 0 Å². The number of carbonyl (C=O) groups excluding carboxylic acids is 1. The first-order chi connectivity index (χ1) is 8.34. The van der Waals surface area contributed by atoms with Crippen molar-refractivity contribution in [2.45, 2.75) is 44.7 Å². The highest BCUT2D eigenvalue weighted by atomic mass is 16.3. The van der Waals surface area contributed by atoms with Crippen molar-refractivity contribution < 1.29 is 9.21 Å². The Morgan fingerprint density at radius 2 is 2.18 bits per heavy atom. The van der Waals surface area contributed by atoms with Crippen molar-refractivity contribution in [3.05, 3.63) is 24.2 Å². The molecular weight excluding hydrogens is 216 g/mol.